The molecule has 2 rings (SSSR count). The number of nitrogens with zero attached hydrogens (tertiary/aromatic N) is 1. The molecule has 128 valence electrons. The fraction of sp³-hybridized carbons (Fsp3) is 0.278. The molecule has 2 aromatic rings. The summed E-state index contributed by atoms with van der Waals surface area (Å²) in [6, 6.07) is 12.0. The Morgan fingerprint density at radius 2 is 1.92 bits per heavy atom. The molecule has 0 bridgehead atoms. The number of carbonyl (C=O) groups is 1. The number of benzene rings is 2. The molecule has 0 saturated heterocycles. The number of halogens is 2. The van der Waals surface area contributed by atoms with Gasteiger partial charge in [0.2, 0.25) is 5.91 Å². The van der Waals surface area contributed by atoms with Crippen LogP contribution in [0.4, 0.5) is 20.2 Å². The number of anilines is 2. The van der Waals surface area contributed by atoms with Gasteiger partial charge in [-0.05, 0) is 30.7 Å². The molecule has 0 aromatic heterocycles. The molecule has 0 spiro atoms. The number of nitrogens with one attached hydrogen (secondary N) is 1. The molecule has 1 atom stereocenters. The molecule has 1 amide bonds. The Morgan fingerprint density at radius 1 is 1.21 bits per heavy atom. The number of hydrogen-bond acceptors (Lipinski definition) is 3. The molecule has 0 heterocycles. The van der Waals surface area contributed by atoms with E-state index in [9.17, 15) is 18.7 Å². The topological polar surface area (TPSA) is 52.6 Å². The Kier molecular flexibility index (Phi) is 6.26. The van der Waals surface area contributed by atoms with Crippen LogP contribution in [-0.4, -0.2) is 30.2 Å². The number of carbonyl (C=O) groups excluding carboxylic acids is 1. The minimum absolute atomic E-state index is 0.0863. The maximum absolute atomic E-state index is 13.6. The van der Waals surface area contributed by atoms with Crippen LogP contribution in [-0.2, 0) is 4.79 Å². The van der Waals surface area contributed by atoms with Gasteiger partial charge >= 0.3 is 0 Å². The summed E-state index contributed by atoms with van der Waals surface area (Å²) in [6.07, 6.45) is -0.0485. The number of hydrogen-bond donors (Lipinski definition) is 2. The first-order valence-electron chi connectivity index (χ1n) is 7.72. The summed E-state index contributed by atoms with van der Waals surface area (Å²) in [7, 11) is 0. The maximum atomic E-state index is 13.6. The highest BCUT2D eigenvalue weighted by atomic mass is 19.1. The van der Waals surface area contributed by atoms with Crippen molar-refractivity contribution >= 4 is 17.3 Å². The van der Waals surface area contributed by atoms with Gasteiger partial charge in [0.05, 0.1) is 18.3 Å². The third-order valence-corrected chi connectivity index (χ3v) is 3.56. The number of aliphatic hydroxyl groups excluding tert-OH is 1. The third-order valence-electron chi connectivity index (χ3n) is 3.56. The van der Waals surface area contributed by atoms with Crippen molar-refractivity contribution in [2.45, 2.75) is 19.4 Å². The predicted molar refractivity (Wildman–Crippen MR) is 89.9 cm³/mol. The first kappa shape index (κ1) is 17.9. The smallest absolute Gasteiger partial charge is 0.243 e. The molecule has 0 aliphatic carbocycles. The highest BCUT2D eigenvalue weighted by molar-refractivity contribution is 5.94. The zero-order valence-electron chi connectivity index (χ0n) is 13.4. The lowest BCUT2D eigenvalue weighted by atomic mass is 10.2. The molecular weight excluding hydrogens is 314 g/mol. The first-order chi connectivity index (χ1) is 11.5. The van der Waals surface area contributed by atoms with Gasteiger partial charge in [0, 0.05) is 18.3 Å². The molecule has 0 aliphatic heterocycles. The van der Waals surface area contributed by atoms with E-state index in [1.165, 1.54) is 0 Å². The lowest BCUT2D eigenvalue weighted by Crippen LogP contribution is -2.38. The van der Waals surface area contributed by atoms with Gasteiger partial charge in [-0.3, -0.25) is 4.79 Å². The van der Waals surface area contributed by atoms with Crippen molar-refractivity contribution in [2.24, 2.45) is 0 Å². The highest BCUT2D eigenvalue weighted by Crippen LogP contribution is 2.17. The minimum atomic E-state index is -0.704. The van der Waals surface area contributed by atoms with Crippen LogP contribution in [0.25, 0.3) is 0 Å². The van der Waals surface area contributed by atoms with Gasteiger partial charge in [-0.15, -0.1) is 0 Å². The monoisotopic (exact) mass is 334 g/mol. The fourth-order valence-corrected chi connectivity index (χ4v) is 2.24. The number of amides is 1. The van der Waals surface area contributed by atoms with Gasteiger partial charge in [0.1, 0.15) is 11.6 Å². The Hall–Kier alpha value is -2.47. The maximum Gasteiger partial charge on any atom is 0.243 e. The van der Waals surface area contributed by atoms with E-state index < -0.39 is 23.6 Å². The average Bonchev–Trinajstić information content (AvgIpc) is 2.58. The molecular formula is C18H20F2N2O2. The fourth-order valence-electron chi connectivity index (χ4n) is 2.24. The minimum Gasteiger partial charge on any atom is -0.391 e. The van der Waals surface area contributed by atoms with Crippen LogP contribution in [0.15, 0.2) is 48.5 Å². The van der Waals surface area contributed by atoms with Crippen LogP contribution in [0.3, 0.4) is 0 Å². The molecule has 1 unspecified atom stereocenters. The van der Waals surface area contributed by atoms with Crippen molar-refractivity contribution in [1.29, 1.82) is 0 Å². The van der Waals surface area contributed by atoms with Crippen LogP contribution < -0.4 is 10.2 Å². The van der Waals surface area contributed by atoms with Crippen LogP contribution in [0.2, 0.25) is 0 Å². The van der Waals surface area contributed by atoms with E-state index in [-0.39, 0.29) is 18.8 Å². The van der Waals surface area contributed by atoms with E-state index in [4.69, 9.17) is 0 Å². The number of para-hydroxylation sites is 1. The third kappa shape index (κ3) is 5.03. The number of rotatable bonds is 7. The van der Waals surface area contributed by atoms with E-state index >= 15 is 0 Å². The Balaban J connectivity index is 2.10. The molecule has 0 radical (unpaired) electrons. The molecule has 24 heavy (non-hydrogen) atoms. The Morgan fingerprint density at radius 3 is 2.58 bits per heavy atom. The normalized spacial score (nSPS) is 11.8. The average molecular weight is 334 g/mol. The zero-order chi connectivity index (χ0) is 17.5. The molecule has 0 saturated carbocycles. The number of aliphatic hydroxyl groups is 1. The van der Waals surface area contributed by atoms with Gasteiger partial charge in [0.25, 0.3) is 0 Å². The summed E-state index contributed by atoms with van der Waals surface area (Å²) >= 11 is 0. The van der Waals surface area contributed by atoms with Crippen molar-refractivity contribution in [1.82, 2.24) is 0 Å². The standard InChI is InChI=1S/C18H20F2N2O2/c1-2-15(23)11-22(14-6-4-3-5-7-14)12-18(24)21-17-10-13(19)8-9-16(17)20/h3-10,15,23H,2,11-12H2,1H3,(H,21,24). The van der Waals surface area contributed by atoms with E-state index in [0.717, 1.165) is 23.9 Å². The zero-order valence-corrected chi connectivity index (χ0v) is 13.4. The van der Waals surface area contributed by atoms with E-state index in [1.54, 1.807) is 4.90 Å². The van der Waals surface area contributed by atoms with Crippen molar-refractivity contribution in [3.63, 3.8) is 0 Å². The predicted octanol–water partition coefficient (Wildman–Crippen LogP) is 3.18. The second kappa shape index (κ2) is 8.40. The Labute approximate surface area is 139 Å². The largest absolute Gasteiger partial charge is 0.391 e. The van der Waals surface area contributed by atoms with Crippen LogP contribution in [0, 0.1) is 11.6 Å². The van der Waals surface area contributed by atoms with Crippen LogP contribution in [0.5, 0.6) is 0 Å². The Bertz CT molecular complexity index is 680. The molecule has 6 heteroatoms. The van der Waals surface area contributed by atoms with E-state index in [2.05, 4.69) is 5.32 Å². The lowest BCUT2D eigenvalue weighted by molar-refractivity contribution is -0.115. The van der Waals surface area contributed by atoms with Gasteiger partial charge in [-0.2, -0.15) is 0 Å². The molecule has 0 fully saturated rings. The SMILES string of the molecule is CCC(O)CN(CC(=O)Nc1cc(F)ccc1F)c1ccccc1. The van der Waals surface area contributed by atoms with Gasteiger partial charge in [-0.25, -0.2) is 8.78 Å². The summed E-state index contributed by atoms with van der Waals surface area (Å²) in [6.45, 7) is 2.02. The molecule has 0 aliphatic rings. The van der Waals surface area contributed by atoms with Crippen molar-refractivity contribution in [3.05, 3.63) is 60.2 Å². The first-order valence-corrected chi connectivity index (χ1v) is 7.72. The van der Waals surface area contributed by atoms with Crippen molar-refractivity contribution in [2.75, 3.05) is 23.3 Å². The van der Waals surface area contributed by atoms with E-state index in [1.807, 2.05) is 37.3 Å². The molecule has 4 nitrogen and oxygen atoms in total. The van der Waals surface area contributed by atoms with Crippen LogP contribution in [0.1, 0.15) is 13.3 Å². The quantitative estimate of drug-likeness (QED) is 0.818. The van der Waals surface area contributed by atoms with Gasteiger partial charge in [0.15, 0.2) is 0 Å². The summed E-state index contributed by atoms with van der Waals surface area (Å²) in [4.78, 5) is 13.9. The van der Waals surface area contributed by atoms with Gasteiger partial charge < -0.3 is 15.3 Å². The van der Waals surface area contributed by atoms with E-state index in [0.29, 0.717) is 6.42 Å². The summed E-state index contributed by atoms with van der Waals surface area (Å²) in [5, 5.41) is 12.3. The van der Waals surface area contributed by atoms with Crippen LogP contribution >= 0.6 is 0 Å². The lowest BCUT2D eigenvalue weighted by Gasteiger charge is -2.26. The van der Waals surface area contributed by atoms with Crippen molar-refractivity contribution in [3.8, 4) is 0 Å². The molecule has 2 N–H and O–H groups in total. The summed E-state index contributed by atoms with van der Waals surface area (Å²) in [5.41, 5.74) is 0.559. The highest BCUT2D eigenvalue weighted by Gasteiger charge is 2.16. The summed E-state index contributed by atoms with van der Waals surface area (Å²) < 4.78 is 26.8. The van der Waals surface area contributed by atoms with Crippen molar-refractivity contribution < 1.29 is 18.7 Å². The summed E-state index contributed by atoms with van der Waals surface area (Å²) in [5.74, 6) is -1.83. The van der Waals surface area contributed by atoms with Gasteiger partial charge in [-0.1, -0.05) is 25.1 Å². The molecule has 2 aromatic carbocycles. The second-order valence-corrected chi connectivity index (χ2v) is 5.45. The second-order valence-electron chi connectivity index (χ2n) is 5.45.